The highest BCUT2D eigenvalue weighted by atomic mass is 16.5. The molecule has 6 aromatic carbocycles. The van der Waals surface area contributed by atoms with Gasteiger partial charge < -0.3 is 9.64 Å². The fourth-order valence-corrected chi connectivity index (χ4v) is 7.32. The number of allylic oxidation sites excluding steroid dienone is 1. The van der Waals surface area contributed by atoms with Gasteiger partial charge in [-0.1, -0.05) is 149 Å². The minimum Gasteiger partial charge on any atom is -0.453 e. The Hall–Kier alpha value is -5.34. The van der Waals surface area contributed by atoms with Crippen LogP contribution in [-0.4, -0.2) is 0 Å². The molecule has 1 unspecified atom stereocenters. The molecule has 0 spiro atoms. The lowest BCUT2D eigenvalue weighted by molar-refractivity contribution is 0.477. The third-order valence-corrected chi connectivity index (χ3v) is 9.69. The van der Waals surface area contributed by atoms with E-state index < -0.39 is 0 Å². The minimum atomic E-state index is 0.357. The minimum absolute atomic E-state index is 0.357. The van der Waals surface area contributed by atoms with E-state index in [0.717, 1.165) is 47.8 Å². The van der Waals surface area contributed by atoms with Gasteiger partial charge >= 0.3 is 0 Å². The number of hydrogen-bond donors (Lipinski definition) is 0. The van der Waals surface area contributed by atoms with E-state index in [0.29, 0.717) is 5.92 Å². The normalized spacial score (nSPS) is 14.6. The van der Waals surface area contributed by atoms with Crippen molar-refractivity contribution in [1.29, 1.82) is 0 Å². The molecule has 0 N–H and O–H groups in total. The SMILES string of the molecule is CC.CCCC/C=C(\c1ccccc1)c1ccc(C2Cc3ccccc3-c3cc4c(cc3C2)N(c2ccccc2)c2ccccc2O4)cc1. The van der Waals surface area contributed by atoms with Crippen LogP contribution >= 0.6 is 0 Å². The van der Waals surface area contributed by atoms with E-state index in [1.807, 2.05) is 19.9 Å². The Bertz CT molecular complexity index is 2040. The number of unbranched alkanes of at least 4 members (excludes halogenated alkanes) is 2. The van der Waals surface area contributed by atoms with E-state index in [1.165, 1.54) is 57.4 Å². The van der Waals surface area contributed by atoms with Gasteiger partial charge in [0, 0.05) is 5.69 Å². The highest BCUT2D eigenvalue weighted by Crippen LogP contribution is 2.53. The summed E-state index contributed by atoms with van der Waals surface area (Å²) in [4.78, 5) is 2.35. The molecule has 0 amide bonds. The number of para-hydroxylation sites is 3. The van der Waals surface area contributed by atoms with Crippen molar-refractivity contribution in [3.8, 4) is 22.6 Å². The second-order valence-corrected chi connectivity index (χ2v) is 12.7. The topological polar surface area (TPSA) is 12.5 Å². The van der Waals surface area contributed by atoms with Crippen molar-refractivity contribution >= 4 is 22.6 Å². The quantitative estimate of drug-likeness (QED) is 0.161. The summed E-state index contributed by atoms with van der Waals surface area (Å²) < 4.78 is 6.62. The van der Waals surface area contributed by atoms with E-state index in [9.17, 15) is 0 Å². The summed E-state index contributed by atoms with van der Waals surface area (Å²) >= 11 is 0. The van der Waals surface area contributed by atoms with Crippen molar-refractivity contribution in [2.75, 3.05) is 4.90 Å². The molecule has 49 heavy (non-hydrogen) atoms. The second-order valence-electron chi connectivity index (χ2n) is 12.7. The zero-order valence-corrected chi connectivity index (χ0v) is 28.9. The van der Waals surface area contributed by atoms with Gasteiger partial charge in [-0.25, -0.2) is 0 Å². The first-order chi connectivity index (χ1) is 24.3. The van der Waals surface area contributed by atoms with Gasteiger partial charge in [-0.3, -0.25) is 0 Å². The van der Waals surface area contributed by atoms with Crippen molar-refractivity contribution in [3.05, 3.63) is 179 Å². The molecule has 2 heteroatoms. The average Bonchev–Trinajstić information content (AvgIpc) is 3.33. The van der Waals surface area contributed by atoms with Crippen molar-refractivity contribution in [2.45, 2.75) is 58.8 Å². The lowest BCUT2D eigenvalue weighted by Crippen LogP contribution is -2.16. The molecular formula is C47H45NO. The van der Waals surface area contributed by atoms with Crippen LogP contribution in [0.3, 0.4) is 0 Å². The maximum atomic E-state index is 6.62. The summed E-state index contributed by atoms with van der Waals surface area (Å²) in [7, 11) is 0. The molecule has 1 atom stereocenters. The second kappa shape index (κ2) is 14.8. The van der Waals surface area contributed by atoms with E-state index in [-0.39, 0.29) is 0 Å². The first-order valence-electron chi connectivity index (χ1n) is 18.0. The van der Waals surface area contributed by atoms with Gasteiger partial charge in [-0.15, -0.1) is 0 Å². The molecular weight excluding hydrogens is 595 g/mol. The fraction of sp³-hybridized carbons (Fsp3) is 0.191. The van der Waals surface area contributed by atoms with Crippen LogP contribution in [0, 0.1) is 0 Å². The average molecular weight is 640 g/mol. The first kappa shape index (κ1) is 32.2. The van der Waals surface area contributed by atoms with Crippen LogP contribution < -0.4 is 9.64 Å². The van der Waals surface area contributed by atoms with Crippen molar-refractivity contribution in [1.82, 2.24) is 0 Å². The number of rotatable bonds is 7. The zero-order valence-electron chi connectivity index (χ0n) is 28.9. The number of fused-ring (bicyclic) bond motifs is 5. The Balaban J connectivity index is 0.00000186. The standard InChI is InChI=1S/C45H39NO.C2H6/c1-2-3-6-20-39(33-15-7-4-8-16-33)34-26-24-32(25-27-34)36-28-35-17-11-12-21-40(35)41-31-45-43(30-37(41)29-36)46(38-18-9-5-10-19-38)42-22-13-14-23-44(42)47-45;1-2/h4-5,7-27,30-31,36H,2-3,6,28-29H2,1H3;1-2H3/b39-20+;. The maximum absolute atomic E-state index is 6.62. The fourth-order valence-electron chi connectivity index (χ4n) is 7.32. The van der Waals surface area contributed by atoms with Gasteiger partial charge in [0.1, 0.15) is 0 Å². The molecule has 2 aliphatic rings. The molecule has 0 saturated heterocycles. The van der Waals surface area contributed by atoms with Crippen molar-refractivity contribution in [3.63, 3.8) is 0 Å². The Morgan fingerprint density at radius 3 is 2.06 bits per heavy atom. The lowest BCUT2D eigenvalue weighted by Gasteiger charge is -2.34. The third-order valence-electron chi connectivity index (χ3n) is 9.69. The van der Waals surface area contributed by atoms with Crippen LogP contribution in [0.25, 0.3) is 16.7 Å². The molecule has 2 nitrogen and oxygen atoms in total. The predicted molar refractivity (Wildman–Crippen MR) is 208 cm³/mol. The van der Waals surface area contributed by atoms with Gasteiger partial charge in [0.25, 0.3) is 0 Å². The summed E-state index contributed by atoms with van der Waals surface area (Å²) in [5, 5.41) is 0. The van der Waals surface area contributed by atoms with Crippen LogP contribution in [0.1, 0.15) is 73.8 Å². The monoisotopic (exact) mass is 639 g/mol. The molecule has 244 valence electrons. The molecule has 0 bridgehead atoms. The molecule has 1 aliphatic heterocycles. The number of hydrogen-bond acceptors (Lipinski definition) is 2. The molecule has 1 aliphatic carbocycles. The lowest BCUT2D eigenvalue weighted by atomic mass is 9.87. The number of nitrogens with zero attached hydrogens (tertiary/aromatic N) is 1. The summed E-state index contributed by atoms with van der Waals surface area (Å²) in [5.74, 6) is 2.13. The number of ether oxygens (including phenoxy) is 1. The van der Waals surface area contributed by atoms with Gasteiger partial charge in [0.2, 0.25) is 0 Å². The Labute approximate surface area is 292 Å². The number of anilines is 3. The van der Waals surface area contributed by atoms with Gasteiger partial charge in [-0.2, -0.15) is 0 Å². The Morgan fingerprint density at radius 2 is 1.29 bits per heavy atom. The summed E-state index contributed by atoms with van der Waals surface area (Å²) in [6.45, 7) is 6.26. The van der Waals surface area contributed by atoms with Crippen molar-refractivity contribution in [2.24, 2.45) is 0 Å². The predicted octanol–water partition coefficient (Wildman–Crippen LogP) is 13.5. The molecule has 0 aromatic heterocycles. The number of benzene rings is 6. The molecule has 0 saturated carbocycles. The van der Waals surface area contributed by atoms with Gasteiger partial charge in [-0.05, 0) is 106 Å². The van der Waals surface area contributed by atoms with Gasteiger partial charge in [0.05, 0.1) is 11.4 Å². The van der Waals surface area contributed by atoms with Crippen LogP contribution in [0.15, 0.2) is 152 Å². The third kappa shape index (κ3) is 6.56. The van der Waals surface area contributed by atoms with Gasteiger partial charge in [0.15, 0.2) is 11.5 Å². The Morgan fingerprint density at radius 1 is 0.633 bits per heavy atom. The molecule has 1 heterocycles. The van der Waals surface area contributed by atoms with Crippen LogP contribution in [-0.2, 0) is 12.8 Å². The van der Waals surface area contributed by atoms with Crippen LogP contribution in [0.4, 0.5) is 17.1 Å². The summed E-state index contributed by atoms with van der Waals surface area (Å²) in [5.41, 5.74) is 13.9. The highest BCUT2D eigenvalue weighted by Gasteiger charge is 2.30. The smallest absolute Gasteiger partial charge is 0.152 e. The van der Waals surface area contributed by atoms with E-state index in [4.69, 9.17) is 4.74 Å². The highest BCUT2D eigenvalue weighted by molar-refractivity contribution is 5.89. The Kier molecular flexibility index (Phi) is 9.75. The zero-order chi connectivity index (χ0) is 33.6. The molecule has 6 aromatic rings. The van der Waals surface area contributed by atoms with E-state index in [1.54, 1.807) is 0 Å². The maximum Gasteiger partial charge on any atom is 0.152 e. The van der Waals surface area contributed by atoms with Crippen LogP contribution in [0.2, 0.25) is 0 Å². The first-order valence-corrected chi connectivity index (χ1v) is 18.0. The van der Waals surface area contributed by atoms with Crippen molar-refractivity contribution < 1.29 is 4.74 Å². The largest absolute Gasteiger partial charge is 0.453 e. The molecule has 0 fully saturated rings. The summed E-state index contributed by atoms with van der Waals surface area (Å²) in [6.07, 6.45) is 7.88. The molecule has 0 radical (unpaired) electrons. The summed E-state index contributed by atoms with van der Waals surface area (Å²) in [6, 6.07) is 52.9. The van der Waals surface area contributed by atoms with E-state index >= 15 is 0 Å². The van der Waals surface area contributed by atoms with Crippen LogP contribution in [0.5, 0.6) is 11.5 Å². The molecule has 8 rings (SSSR count). The van der Waals surface area contributed by atoms with E-state index in [2.05, 4.69) is 157 Å².